The molecule has 2 saturated heterocycles. The molecule has 3 atom stereocenters. The monoisotopic (exact) mass is 358 g/mol. The fourth-order valence-electron chi connectivity index (χ4n) is 3.78. The molecular weight excluding hydrogens is 338 g/mol. The van der Waals surface area contributed by atoms with E-state index in [1.807, 2.05) is 23.1 Å². The first-order chi connectivity index (χ1) is 12.6. The summed E-state index contributed by atoms with van der Waals surface area (Å²) in [5.74, 6) is -1.01. The van der Waals surface area contributed by atoms with Gasteiger partial charge in [0, 0.05) is 37.8 Å². The predicted octanol–water partition coefficient (Wildman–Crippen LogP) is 2.76. The Morgan fingerprint density at radius 2 is 1.73 bits per heavy atom. The second-order valence-electron chi connectivity index (χ2n) is 6.91. The highest BCUT2D eigenvalue weighted by Crippen LogP contribution is 2.31. The molecule has 1 unspecified atom stereocenters. The maximum absolute atomic E-state index is 13.5. The minimum Gasteiger partial charge on any atom is -0.476 e. The van der Waals surface area contributed by atoms with Gasteiger partial charge in [0.15, 0.2) is 11.6 Å². The first-order valence-electron chi connectivity index (χ1n) is 8.78. The Balaban J connectivity index is 1.58. The minimum absolute atomic E-state index is 0.132. The first-order valence-corrected chi connectivity index (χ1v) is 8.78. The molecule has 1 N–H and O–H groups in total. The number of carbonyl (C=O) groups excluding carboxylic acids is 1. The fourth-order valence-corrected chi connectivity index (χ4v) is 3.78. The van der Waals surface area contributed by atoms with Crippen LogP contribution in [0, 0.1) is 23.5 Å². The van der Waals surface area contributed by atoms with Crippen molar-refractivity contribution in [2.75, 3.05) is 26.2 Å². The Morgan fingerprint density at radius 3 is 2.38 bits per heavy atom. The zero-order chi connectivity index (χ0) is 18.1. The van der Waals surface area contributed by atoms with Gasteiger partial charge in [0.2, 0.25) is 6.10 Å². The van der Waals surface area contributed by atoms with Crippen LogP contribution in [-0.4, -0.2) is 37.0 Å². The van der Waals surface area contributed by atoms with Gasteiger partial charge >= 0.3 is 0 Å². The molecular formula is C20H20F2N2O2. The number of halogens is 2. The number of likely N-dealkylation sites (tertiary alicyclic amines) is 1. The van der Waals surface area contributed by atoms with Crippen molar-refractivity contribution < 1.29 is 18.3 Å². The van der Waals surface area contributed by atoms with Crippen LogP contribution >= 0.6 is 0 Å². The van der Waals surface area contributed by atoms with Crippen molar-refractivity contribution in [2.45, 2.75) is 6.10 Å². The normalized spacial score (nSPS) is 22.9. The molecule has 0 spiro atoms. The number of hydrogen-bond acceptors (Lipinski definition) is 3. The summed E-state index contributed by atoms with van der Waals surface area (Å²) in [5, 5.41) is 3.35. The fraction of sp³-hybridized carbons (Fsp3) is 0.350. The van der Waals surface area contributed by atoms with Crippen molar-refractivity contribution in [1.29, 1.82) is 0 Å². The van der Waals surface area contributed by atoms with Crippen LogP contribution in [0.5, 0.6) is 5.75 Å². The molecule has 2 aliphatic rings. The molecule has 2 aromatic carbocycles. The van der Waals surface area contributed by atoms with Gasteiger partial charge in [-0.15, -0.1) is 0 Å². The Kier molecular flexibility index (Phi) is 4.59. The number of carbonyl (C=O) groups is 1. The van der Waals surface area contributed by atoms with Crippen molar-refractivity contribution in [1.82, 2.24) is 10.2 Å². The summed E-state index contributed by atoms with van der Waals surface area (Å²) in [5.41, 5.74) is 0.692. The van der Waals surface area contributed by atoms with Gasteiger partial charge in [0.05, 0.1) is 0 Å². The highest BCUT2D eigenvalue weighted by atomic mass is 19.2. The predicted molar refractivity (Wildman–Crippen MR) is 92.6 cm³/mol. The Labute approximate surface area is 150 Å². The molecule has 2 aromatic rings. The molecule has 2 fully saturated rings. The molecule has 0 saturated carbocycles. The molecule has 4 rings (SSSR count). The quantitative estimate of drug-likeness (QED) is 0.914. The van der Waals surface area contributed by atoms with Crippen LogP contribution in [0.15, 0.2) is 48.5 Å². The van der Waals surface area contributed by atoms with E-state index in [9.17, 15) is 13.6 Å². The van der Waals surface area contributed by atoms with E-state index in [-0.39, 0.29) is 11.7 Å². The topological polar surface area (TPSA) is 41.6 Å². The van der Waals surface area contributed by atoms with Crippen LogP contribution in [0.25, 0.3) is 0 Å². The average Bonchev–Trinajstić information content (AvgIpc) is 3.25. The number of rotatable bonds is 4. The number of amides is 1. The van der Waals surface area contributed by atoms with Crippen LogP contribution in [0.2, 0.25) is 0 Å². The van der Waals surface area contributed by atoms with Gasteiger partial charge in [-0.3, -0.25) is 4.79 Å². The van der Waals surface area contributed by atoms with Crippen LogP contribution in [-0.2, 0) is 4.79 Å². The summed E-state index contributed by atoms with van der Waals surface area (Å²) in [6.07, 6.45) is -0.882. The number of fused-ring (bicyclic) bond motifs is 1. The zero-order valence-electron chi connectivity index (χ0n) is 14.2. The summed E-state index contributed by atoms with van der Waals surface area (Å²) in [7, 11) is 0. The summed E-state index contributed by atoms with van der Waals surface area (Å²) < 4.78 is 32.5. The number of nitrogens with zero attached hydrogens (tertiary/aromatic N) is 1. The highest BCUT2D eigenvalue weighted by molar-refractivity contribution is 5.83. The number of nitrogens with one attached hydrogen (secondary N) is 1. The lowest BCUT2D eigenvalue weighted by Gasteiger charge is -2.25. The Bertz CT molecular complexity index is 788. The van der Waals surface area contributed by atoms with Crippen LogP contribution in [0.4, 0.5) is 8.78 Å². The lowest BCUT2D eigenvalue weighted by Crippen LogP contribution is -2.37. The van der Waals surface area contributed by atoms with Gasteiger partial charge in [-0.2, -0.15) is 0 Å². The standard InChI is InChI=1S/C20H20F2N2O2/c21-17-7-6-16(8-18(17)22)26-19(13-4-2-1-3-5-13)20(25)24-11-14-9-23-10-15(14)12-24/h1-8,14-15,19,23H,9-12H2/t14-,15+,19?. The van der Waals surface area contributed by atoms with E-state index in [1.165, 1.54) is 6.07 Å². The minimum atomic E-state index is -0.997. The zero-order valence-corrected chi connectivity index (χ0v) is 14.2. The van der Waals surface area contributed by atoms with Crippen LogP contribution < -0.4 is 10.1 Å². The van der Waals surface area contributed by atoms with Crippen molar-refractivity contribution in [3.8, 4) is 5.75 Å². The molecule has 1 amide bonds. The SMILES string of the molecule is O=C(C(Oc1ccc(F)c(F)c1)c1ccccc1)N1C[C@H]2CNC[C@H]2C1. The van der Waals surface area contributed by atoms with Crippen LogP contribution in [0.3, 0.4) is 0 Å². The van der Waals surface area contributed by atoms with E-state index in [0.29, 0.717) is 30.5 Å². The van der Waals surface area contributed by atoms with Gasteiger partial charge in [0.1, 0.15) is 5.75 Å². The highest BCUT2D eigenvalue weighted by Gasteiger charge is 2.40. The molecule has 0 aliphatic carbocycles. The Morgan fingerprint density at radius 1 is 1.04 bits per heavy atom. The third kappa shape index (κ3) is 3.29. The summed E-state index contributed by atoms with van der Waals surface area (Å²) in [4.78, 5) is 15.0. The summed E-state index contributed by atoms with van der Waals surface area (Å²) in [6.45, 7) is 3.24. The lowest BCUT2D eigenvalue weighted by atomic mass is 10.0. The molecule has 2 heterocycles. The van der Waals surface area contributed by atoms with E-state index < -0.39 is 17.7 Å². The second-order valence-corrected chi connectivity index (χ2v) is 6.91. The number of hydrogen-bond donors (Lipinski definition) is 1. The van der Waals surface area contributed by atoms with Gasteiger partial charge in [-0.1, -0.05) is 30.3 Å². The smallest absolute Gasteiger partial charge is 0.268 e. The molecule has 0 radical (unpaired) electrons. The average molecular weight is 358 g/mol. The van der Waals surface area contributed by atoms with E-state index >= 15 is 0 Å². The maximum Gasteiger partial charge on any atom is 0.268 e. The molecule has 136 valence electrons. The van der Waals surface area contributed by atoms with Crippen molar-refractivity contribution in [2.24, 2.45) is 11.8 Å². The maximum atomic E-state index is 13.5. The van der Waals surface area contributed by atoms with Crippen molar-refractivity contribution in [3.63, 3.8) is 0 Å². The largest absolute Gasteiger partial charge is 0.476 e. The lowest BCUT2D eigenvalue weighted by molar-refractivity contribution is -0.138. The van der Waals surface area contributed by atoms with Gasteiger partial charge < -0.3 is 15.0 Å². The van der Waals surface area contributed by atoms with Crippen LogP contribution in [0.1, 0.15) is 11.7 Å². The second kappa shape index (κ2) is 7.03. The summed E-state index contributed by atoms with van der Waals surface area (Å²) in [6, 6.07) is 12.4. The Hall–Kier alpha value is -2.47. The van der Waals surface area contributed by atoms with E-state index in [1.54, 1.807) is 12.1 Å². The summed E-state index contributed by atoms with van der Waals surface area (Å²) >= 11 is 0. The molecule has 0 aromatic heterocycles. The van der Waals surface area contributed by atoms with Gasteiger partial charge in [-0.25, -0.2) is 8.78 Å². The third-order valence-electron chi connectivity index (χ3n) is 5.17. The van der Waals surface area contributed by atoms with E-state index in [4.69, 9.17) is 4.74 Å². The van der Waals surface area contributed by atoms with Crippen molar-refractivity contribution >= 4 is 5.91 Å². The van der Waals surface area contributed by atoms with E-state index in [0.717, 1.165) is 25.2 Å². The van der Waals surface area contributed by atoms with Gasteiger partial charge in [-0.05, 0) is 24.0 Å². The van der Waals surface area contributed by atoms with E-state index in [2.05, 4.69) is 5.32 Å². The molecule has 26 heavy (non-hydrogen) atoms. The first kappa shape index (κ1) is 17.0. The number of benzene rings is 2. The molecule has 0 bridgehead atoms. The van der Waals surface area contributed by atoms with Gasteiger partial charge in [0.25, 0.3) is 5.91 Å². The number of ether oxygens (including phenoxy) is 1. The van der Waals surface area contributed by atoms with Crippen molar-refractivity contribution in [3.05, 3.63) is 65.7 Å². The third-order valence-corrected chi connectivity index (χ3v) is 5.17. The molecule has 4 nitrogen and oxygen atoms in total. The molecule has 6 heteroatoms. The molecule has 2 aliphatic heterocycles.